The van der Waals surface area contributed by atoms with E-state index >= 15 is 0 Å². The molecule has 0 saturated heterocycles. The maximum atomic E-state index is 12.5. The zero-order valence-corrected chi connectivity index (χ0v) is 17.8. The molecule has 0 spiro atoms. The van der Waals surface area contributed by atoms with Gasteiger partial charge in [0.05, 0.1) is 0 Å². The fourth-order valence-corrected chi connectivity index (χ4v) is 4.58. The highest BCUT2D eigenvalue weighted by molar-refractivity contribution is 5.70. The molecule has 0 aliphatic heterocycles. The molecule has 1 aliphatic rings. The van der Waals surface area contributed by atoms with Gasteiger partial charge in [0, 0.05) is 0 Å². The Balaban J connectivity index is 2.00. The van der Waals surface area contributed by atoms with Gasteiger partial charge in [0.2, 0.25) is 0 Å². The van der Waals surface area contributed by atoms with Crippen molar-refractivity contribution in [1.29, 1.82) is 0 Å². The van der Waals surface area contributed by atoms with Crippen LogP contribution >= 0.6 is 0 Å². The third kappa shape index (κ3) is 5.55. The summed E-state index contributed by atoms with van der Waals surface area (Å²) in [6, 6.07) is 13.7. The van der Waals surface area contributed by atoms with Crippen LogP contribution in [0.3, 0.4) is 0 Å². The van der Waals surface area contributed by atoms with Crippen molar-refractivity contribution in [1.82, 2.24) is 0 Å². The molecule has 29 heavy (non-hydrogen) atoms. The van der Waals surface area contributed by atoms with Gasteiger partial charge < -0.3 is 4.74 Å². The molecule has 0 bridgehead atoms. The maximum Gasteiger partial charge on any atom is 0.422 e. The summed E-state index contributed by atoms with van der Waals surface area (Å²) in [5.74, 6) is 1.27. The smallest absolute Gasteiger partial charge is 0.422 e. The summed E-state index contributed by atoms with van der Waals surface area (Å²) >= 11 is 0. The van der Waals surface area contributed by atoms with Crippen molar-refractivity contribution in [2.45, 2.75) is 65.5 Å². The minimum Gasteiger partial charge on any atom is -0.484 e. The van der Waals surface area contributed by atoms with Gasteiger partial charge in [0.1, 0.15) is 5.75 Å². The van der Waals surface area contributed by atoms with E-state index in [4.69, 9.17) is 4.74 Å². The molecule has 158 valence electrons. The molecule has 2 aromatic carbocycles. The Morgan fingerprint density at radius 2 is 1.86 bits per heavy atom. The van der Waals surface area contributed by atoms with Crippen LogP contribution in [0.1, 0.15) is 64.0 Å². The van der Waals surface area contributed by atoms with E-state index in [2.05, 4.69) is 45.9 Å². The highest BCUT2D eigenvalue weighted by Gasteiger charge is 2.36. The number of hydrogen-bond donors (Lipinski definition) is 0. The number of hydrogen-bond acceptors (Lipinski definition) is 1. The van der Waals surface area contributed by atoms with Gasteiger partial charge in [-0.25, -0.2) is 0 Å². The van der Waals surface area contributed by atoms with Crippen LogP contribution in [0.15, 0.2) is 42.5 Å². The molecule has 1 aliphatic carbocycles. The summed E-state index contributed by atoms with van der Waals surface area (Å²) in [4.78, 5) is 0. The first-order valence-electron chi connectivity index (χ1n) is 10.5. The topological polar surface area (TPSA) is 9.23 Å². The lowest BCUT2D eigenvalue weighted by Gasteiger charge is -2.30. The van der Waals surface area contributed by atoms with Crippen molar-refractivity contribution in [3.63, 3.8) is 0 Å². The predicted molar refractivity (Wildman–Crippen MR) is 112 cm³/mol. The third-order valence-electron chi connectivity index (χ3n) is 5.94. The molecule has 0 heterocycles. The zero-order valence-electron chi connectivity index (χ0n) is 17.8. The van der Waals surface area contributed by atoms with E-state index in [1.807, 2.05) is 6.07 Å². The first kappa shape index (κ1) is 21.7. The average Bonchev–Trinajstić information content (AvgIpc) is 2.98. The molecule has 0 unspecified atom stereocenters. The van der Waals surface area contributed by atoms with E-state index in [9.17, 15) is 13.2 Å². The molecular formula is C25H31F3O. The van der Waals surface area contributed by atoms with Gasteiger partial charge >= 0.3 is 6.18 Å². The van der Waals surface area contributed by atoms with Crippen LogP contribution in [0.5, 0.6) is 5.75 Å². The molecule has 1 fully saturated rings. The first-order valence-corrected chi connectivity index (χ1v) is 10.5. The van der Waals surface area contributed by atoms with E-state index < -0.39 is 12.8 Å². The molecule has 0 N–H and O–H groups in total. The quantitative estimate of drug-likeness (QED) is 0.477. The zero-order chi connectivity index (χ0) is 21.2. The SMILES string of the molecule is CC(C)Cc1ccc(-c2cccc(OCC(F)(F)F)c2)c([C@@H]2CCCC2(C)C)c1. The first-order chi connectivity index (χ1) is 13.5. The van der Waals surface area contributed by atoms with Crippen molar-refractivity contribution < 1.29 is 17.9 Å². The van der Waals surface area contributed by atoms with Gasteiger partial charge in [-0.1, -0.05) is 64.4 Å². The average molecular weight is 405 g/mol. The van der Waals surface area contributed by atoms with Crippen molar-refractivity contribution in [3.8, 4) is 16.9 Å². The number of halogens is 3. The summed E-state index contributed by atoms with van der Waals surface area (Å²) in [6.45, 7) is 7.81. The Morgan fingerprint density at radius 3 is 2.48 bits per heavy atom. The fraction of sp³-hybridized carbons (Fsp3) is 0.520. The Hall–Kier alpha value is -1.97. The van der Waals surface area contributed by atoms with Crippen LogP contribution in [0.25, 0.3) is 11.1 Å². The van der Waals surface area contributed by atoms with Crippen LogP contribution < -0.4 is 4.74 Å². The monoisotopic (exact) mass is 404 g/mol. The lowest BCUT2D eigenvalue weighted by Crippen LogP contribution is -2.19. The van der Waals surface area contributed by atoms with Gasteiger partial charge in [0.25, 0.3) is 0 Å². The van der Waals surface area contributed by atoms with Gasteiger partial charge in [-0.3, -0.25) is 0 Å². The molecule has 0 amide bonds. The van der Waals surface area contributed by atoms with Gasteiger partial charge in [-0.15, -0.1) is 0 Å². The van der Waals surface area contributed by atoms with Crippen LogP contribution in [0, 0.1) is 11.3 Å². The summed E-state index contributed by atoms with van der Waals surface area (Å²) in [7, 11) is 0. The maximum absolute atomic E-state index is 12.5. The Bertz CT molecular complexity index is 836. The van der Waals surface area contributed by atoms with E-state index in [0.717, 1.165) is 24.0 Å². The lowest BCUT2D eigenvalue weighted by atomic mass is 9.75. The minimum absolute atomic E-state index is 0.218. The molecule has 0 radical (unpaired) electrons. The predicted octanol–water partition coefficient (Wildman–Crippen LogP) is 7.79. The van der Waals surface area contributed by atoms with Crippen molar-refractivity contribution in [2.24, 2.45) is 11.3 Å². The standard InChI is InChI=1S/C25H31F3O/c1-17(2)13-18-10-11-21(22(14-18)23-9-6-12-24(23,3)4)19-7-5-8-20(15-19)29-16-25(26,27)28/h5,7-8,10-11,14-15,17,23H,6,9,12-13,16H2,1-4H3/t23-/m0/s1. The second-order valence-corrected chi connectivity index (χ2v) is 9.38. The van der Waals surface area contributed by atoms with Gasteiger partial charge in [0.15, 0.2) is 6.61 Å². The molecule has 1 atom stereocenters. The lowest BCUT2D eigenvalue weighted by molar-refractivity contribution is -0.153. The Kier molecular flexibility index (Phi) is 6.30. The summed E-state index contributed by atoms with van der Waals surface area (Å²) < 4.78 is 42.6. The van der Waals surface area contributed by atoms with E-state index in [1.54, 1.807) is 18.2 Å². The second kappa shape index (κ2) is 8.41. The molecule has 4 heteroatoms. The number of benzene rings is 2. The van der Waals surface area contributed by atoms with Crippen LogP contribution in [-0.4, -0.2) is 12.8 Å². The van der Waals surface area contributed by atoms with E-state index in [0.29, 0.717) is 11.8 Å². The molecule has 1 nitrogen and oxygen atoms in total. The number of rotatable bonds is 6. The molecule has 0 aromatic heterocycles. The summed E-state index contributed by atoms with van der Waals surface area (Å²) in [5.41, 5.74) is 4.88. The normalized spacial score (nSPS) is 19.0. The van der Waals surface area contributed by atoms with Crippen molar-refractivity contribution in [2.75, 3.05) is 6.61 Å². The van der Waals surface area contributed by atoms with Crippen LogP contribution in [0.2, 0.25) is 0 Å². The molecule has 2 aromatic rings. The molecule has 3 rings (SSSR count). The Labute approximate surface area is 172 Å². The van der Waals surface area contributed by atoms with Crippen LogP contribution in [-0.2, 0) is 6.42 Å². The largest absolute Gasteiger partial charge is 0.484 e. The third-order valence-corrected chi connectivity index (χ3v) is 5.94. The Morgan fingerprint density at radius 1 is 1.10 bits per heavy atom. The van der Waals surface area contributed by atoms with Gasteiger partial charge in [-0.2, -0.15) is 13.2 Å². The number of ether oxygens (including phenoxy) is 1. The molecule has 1 saturated carbocycles. The number of alkyl halides is 3. The fourth-order valence-electron chi connectivity index (χ4n) is 4.58. The van der Waals surface area contributed by atoms with Gasteiger partial charge in [-0.05, 0) is 70.9 Å². The highest BCUT2D eigenvalue weighted by atomic mass is 19.4. The van der Waals surface area contributed by atoms with Crippen LogP contribution in [0.4, 0.5) is 13.2 Å². The minimum atomic E-state index is -4.34. The highest BCUT2D eigenvalue weighted by Crippen LogP contribution is 2.51. The van der Waals surface area contributed by atoms with Crippen molar-refractivity contribution in [3.05, 3.63) is 53.6 Å². The summed E-state index contributed by atoms with van der Waals surface area (Å²) in [5, 5.41) is 0. The van der Waals surface area contributed by atoms with Crippen molar-refractivity contribution >= 4 is 0 Å². The van der Waals surface area contributed by atoms with E-state index in [1.165, 1.54) is 24.0 Å². The summed E-state index contributed by atoms with van der Waals surface area (Å²) in [6.07, 6.45) is 0.235. The molecular weight excluding hydrogens is 373 g/mol. The van der Waals surface area contributed by atoms with E-state index in [-0.39, 0.29) is 11.2 Å². The second-order valence-electron chi connectivity index (χ2n) is 9.38.